The molecular formula is C64H123NO5. The zero-order valence-electron chi connectivity index (χ0n) is 47.3. The Hall–Kier alpha value is -1.66. The van der Waals surface area contributed by atoms with Gasteiger partial charge in [-0.1, -0.05) is 301 Å². The van der Waals surface area contributed by atoms with Crippen molar-refractivity contribution in [2.75, 3.05) is 13.2 Å². The predicted octanol–water partition coefficient (Wildman–Crippen LogP) is 19.8. The van der Waals surface area contributed by atoms with Crippen molar-refractivity contribution in [1.29, 1.82) is 0 Å². The molecule has 0 radical (unpaired) electrons. The topological polar surface area (TPSA) is 95.9 Å². The van der Waals surface area contributed by atoms with Gasteiger partial charge in [-0.05, 0) is 57.8 Å². The minimum Gasteiger partial charge on any atom is -0.466 e. The number of nitrogens with one attached hydrogen (secondary N) is 1. The number of carbonyl (C=O) groups is 2. The zero-order valence-corrected chi connectivity index (χ0v) is 47.3. The van der Waals surface area contributed by atoms with Gasteiger partial charge in [0.05, 0.1) is 25.4 Å². The SMILES string of the molecule is CCCCC/C=C\C/C=C\CCCCCCCC(=O)OCCCCCCCCCCCCCCCCCCCCCCCCCCCC(=O)N[C@@H](CO)[C@H](O)CCCCCCCCCCCCCCC. The summed E-state index contributed by atoms with van der Waals surface area (Å²) in [5.74, 6) is -0.0293. The molecular weight excluding hydrogens is 863 g/mol. The Morgan fingerprint density at radius 2 is 0.714 bits per heavy atom. The van der Waals surface area contributed by atoms with Crippen molar-refractivity contribution in [3.8, 4) is 0 Å². The number of hydrogen-bond acceptors (Lipinski definition) is 5. The van der Waals surface area contributed by atoms with Crippen LogP contribution in [-0.2, 0) is 14.3 Å². The van der Waals surface area contributed by atoms with Gasteiger partial charge in [-0.15, -0.1) is 0 Å². The molecule has 0 bridgehead atoms. The highest BCUT2D eigenvalue weighted by Gasteiger charge is 2.20. The van der Waals surface area contributed by atoms with Gasteiger partial charge in [-0.3, -0.25) is 9.59 Å². The molecule has 414 valence electrons. The Morgan fingerprint density at radius 1 is 0.400 bits per heavy atom. The van der Waals surface area contributed by atoms with Gasteiger partial charge >= 0.3 is 5.97 Å². The Kier molecular flexibility index (Phi) is 58.5. The molecule has 0 spiro atoms. The van der Waals surface area contributed by atoms with Crippen molar-refractivity contribution in [1.82, 2.24) is 5.32 Å². The van der Waals surface area contributed by atoms with Crippen molar-refractivity contribution in [2.45, 2.75) is 360 Å². The molecule has 70 heavy (non-hydrogen) atoms. The molecule has 3 N–H and O–H groups in total. The number of amides is 1. The van der Waals surface area contributed by atoms with E-state index in [1.165, 1.54) is 263 Å². The third-order valence-corrected chi connectivity index (χ3v) is 14.8. The van der Waals surface area contributed by atoms with Crippen LogP contribution >= 0.6 is 0 Å². The number of aliphatic hydroxyl groups excluding tert-OH is 2. The van der Waals surface area contributed by atoms with Gasteiger partial charge in [0.25, 0.3) is 0 Å². The first-order valence-electron chi connectivity index (χ1n) is 31.6. The lowest BCUT2D eigenvalue weighted by Crippen LogP contribution is -2.45. The summed E-state index contributed by atoms with van der Waals surface area (Å²) in [7, 11) is 0. The Bertz CT molecular complexity index is 1090. The molecule has 0 saturated heterocycles. The first-order valence-corrected chi connectivity index (χ1v) is 31.6. The second-order valence-corrected chi connectivity index (χ2v) is 21.7. The van der Waals surface area contributed by atoms with Crippen LogP contribution in [0.15, 0.2) is 24.3 Å². The summed E-state index contributed by atoms with van der Waals surface area (Å²) in [6, 6.07) is -0.539. The highest BCUT2D eigenvalue weighted by molar-refractivity contribution is 5.76. The number of unbranched alkanes of at least 4 members (excludes halogenated alkanes) is 44. The summed E-state index contributed by atoms with van der Waals surface area (Å²) < 4.78 is 5.48. The van der Waals surface area contributed by atoms with E-state index in [0.717, 1.165) is 51.4 Å². The fourth-order valence-corrected chi connectivity index (χ4v) is 9.91. The van der Waals surface area contributed by atoms with Crippen molar-refractivity contribution >= 4 is 11.9 Å². The molecule has 0 aliphatic rings. The van der Waals surface area contributed by atoms with Crippen LogP contribution in [0.1, 0.15) is 348 Å². The fourth-order valence-electron chi connectivity index (χ4n) is 9.91. The predicted molar refractivity (Wildman–Crippen MR) is 306 cm³/mol. The first-order chi connectivity index (χ1) is 34.5. The van der Waals surface area contributed by atoms with Crippen LogP contribution in [0.4, 0.5) is 0 Å². The normalized spacial score (nSPS) is 12.7. The van der Waals surface area contributed by atoms with E-state index in [2.05, 4.69) is 43.5 Å². The van der Waals surface area contributed by atoms with Crippen LogP contribution in [0.5, 0.6) is 0 Å². The largest absolute Gasteiger partial charge is 0.466 e. The number of aliphatic hydroxyl groups is 2. The van der Waals surface area contributed by atoms with Gasteiger partial charge < -0.3 is 20.3 Å². The van der Waals surface area contributed by atoms with E-state index in [-0.39, 0.29) is 18.5 Å². The van der Waals surface area contributed by atoms with Crippen LogP contribution < -0.4 is 5.32 Å². The van der Waals surface area contributed by atoms with Gasteiger partial charge in [-0.2, -0.15) is 0 Å². The Labute approximate surface area is 437 Å². The maximum Gasteiger partial charge on any atom is 0.305 e. The molecule has 1 amide bonds. The maximum absolute atomic E-state index is 12.5. The lowest BCUT2D eigenvalue weighted by molar-refractivity contribution is -0.143. The van der Waals surface area contributed by atoms with Gasteiger partial charge in [-0.25, -0.2) is 0 Å². The molecule has 0 heterocycles. The van der Waals surface area contributed by atoms with E-state index in [9.17, 15) is 19.8 Å². The molecule has 2 atom stereocenters. The van der Waals surface area contributed by atoms with E-state index < -0.39 is 12.1 Å². The zero-order chi connectivity index (χ0) is 50.7. The Balaban J connectivity index is 3.35. The standard InChI is InChI=1S/C64H123NO5/c1-3-5-7-9-11-13-15-17-29-34-38-42-46-50-54-58-64(69)70-59-55-51-47-43-39-35-31-28-26-24-22-20-18-19-21-23-25-27-30-33-37-41-45-49-53-57-63(68)65-61(60-66)62(67)56-52-48-44-40-36-32-16-14-12-10-8-6-4-2/h11,13,17,29,61-62,66-67H,3-10,12,14-16,18-28,30-60H2,1-2H3,(H,65,68)/b13-11-,29-17-/t61-,62+/m0/s1. The monoisotopic (exact) mass is 986 g/mol. The van der Waals surface area contributed by atoms with Crippen molar-refractivity contribution in [3.05, 3.63) is 24.3 Å². The van der Waals surface area contributed by atoms with Gasteiger partial charge in [0.1, 0.15) is 0 Å². The second-order valence-electron chi connectivity index (χ2n) is 21.7. The quantitative estimate of drug-likeness (QED) is 0.0321. The number of esters is 1. The van der Waals surface area contributed by atoms with E-state index in [1.54, 1.807) is 0 Å². The van der Waals surface area contributed by atoms with E-state index >= 15 is 0 Å². The molecule has 0 aliphatic carbocycles. The molecule has 0 aliphatic heterocycles. The summed E-state index contributed by atoms with van der Waals surface area (Å²) >= 11 is 0. The van der Waals surface area contributed by atoms with Crippen LogP contribution in [0, 0.1) is 0 Å². The minimum atomic E-state index is -0.662. The summed E-state index contributed by atoms with van der Waals surface area (Å²) in [5.41, 5.74) is 0. The maximum atomic E-state index is 12.5. The molecule has 0 saturated carbocycles. The number of rotatable bonds is 59. The van der Waals surface area contributed by atoms with E-state index in [4.69, 9.17) is 4.74 Å². The number of allylic oxidation sites excluding steroid dienone is 4. The van der Waals surface area contributed by atoms with Crippen LogP contribution in [0.25, 0.3) is 0 Å². The molecule has 0 aromatic rings. The van der Waals surface area contributed by atoms with Crippen molar-refractivity contribution in [2.24, 2.45) is 0 Å². The molecule has 0 aromatic heterocycles. The molecule has 6 nitrogen and oxygen atoms in total. The average molecular weight is 987 g/mol. The lowest BCUT2D eigenvalue weighted by Gasteiger charge is -2.22. The number of ether oxygens (including phenoxy) is 1. The summed E-state index contributed by atoms with van der Waals surface area (Å²) in [6.07, 6.45) is 73.4. The van der Waals surface area contributed by atoms with Crippen molar-refractivity contribution in [3.63, 3.8) is 0 Å². The summed E-state index contributed by atoms with van der Waals surface area (Å²) in [5, 5.41) is 23.3. The van der Waals surface area contributed by atoms with Gasteiger partial charge in [0, 0.05) is 12.8 Å². The molecule has 6 heteroatoms. The minimum absolute atomic E-state index is 0.00270. The summed E-state index contributed by atoms with van der Waals surface area (Å²) in [4.78, 5) is 24.5. The number of carbonyl (C=O) groups excluding carboxylic acids is 2. The molecule has 0 aromatic carbocycles. The van der Waals surface area contributed by atoms with Gasteiger partial charge in [0.15, 0.2) is 0 Å². The number of hydrogen-bond donors (Lipinski definition) is 3. The van der Waals surface area contributed by atoms with Crippen LogP contribution in [0.2, 0.25) is 0 Å². The highest BCUT2D eigenvalue weighted by atomic mass is 16.5. The average Bonchev–Trinajstić information content (AvgIpc) is 3.36. The van der Waals surface area contributed by atoms with E-state index in [0.29, 0.717) is 25.9 Å². The van der Waals surface area contributed by atoms with Crippen molar-refractivity contribution < 1.29 is 24.5 Å². The second kappa shape index (κ2) is 59.9. The van der Waals surface area contributed by atoms with Crippen LogP contribution in [0.3, 0.4) is 0 Å². The Morgan fingerprint density at radius 3 is 1.11 bits per heavy atom. The lowest BCUT2D eigenvalue weighted by atomic mass is 10.0. The summed E-state index contributed by atoms with van der Waals surface area (Å²) in [6.45, 7) is 4.94. The highest BCUT2D eigenvalue weighted by Crippen LogP contribution is 2.18. The molecule has 0 unspecified atom stereocenters. The smallest absolute Gasteiger partial charge is 0.305 e. The molecule has 0 fully saturated rings. The van der Waals surface area contributed by atoms with E-state index in [1.807, 2.05) is 0 Å². The first kappa shape index (κ1) is 68.3. The third kappa shape index (κ3) is 55.7. The van der Waals surface area contributed by atoms with Gasteiger partial charge in [0.2, 0.25) is 5.91 Å². The fraction of sp³-hybridized carbons (Fsp3) is 0.906. The molecule has 0 rings (SSSR count). The third-order valence-electron chi connectivity index (χ3n) is 14.8. The van der Waals surface area contributed by atoms with Crippen LogP contribution in [-0.4, -0.2) is 47.4 Å².